The summed E-state index contributed by atoms with van der Waals surface area (Å²) in [7, 11) is 0. The van der Waals surface area contributed by atoms with E-state index in [1.165, 1.54) is 38.5 Å². The van der Waals surface area contributed by atoms with Gasteiger partial charge in [0.25, 0.3) is 0 Å². The molecule has 0 spiro atoms. The number of rotatable bonds is 6. The molecule has 0 aromatic heterocycles. The first kappa shape index (κ1) is 12.8. The highest BCUT2D eigenvalue weighted by molar-refractivity contribution is 4.84. The standard InChI is InChI=1S/C14H26O/c1-4-5-6-7-8-12(2)11-14-10-9-13(3)15-14/h6-7,12-14H,4-5,8-11H2,1-3H3/b7-6-. The predicted octanol–water partition coefficient (Wildman–Crippen LogP) is 4.33. The molecule has 1 heteroatoms. The van der Waals surface area contributed by atoms with E-state index in [0.29, 0.717) is 12.2 Å². The maximum Gasteiger partial charge on any atom is 0.0582 e. The maximum atomic E-state index is 5.84. The van der Waals surface area contributed by atoms with Crippen LogP contribution in [-0.4, -0.2) is 12.2 Å². The SMILES string of the molecule is CCC/C=C\CC(C)CC1CCC(C)O1. The molecular formula is C14H26O. The van der Waals surface area contributed by atoms with E-state index < -0.39 is 0 Å². The minimum absolute atomic E-state index is 0.498. The zero-order valence-electron chi connectivity index (χ0n) is 10.5. The van der Waals surface area contributed by atoms with Crippen LogP contribution in [-0.2, 0) is 4.74 Å². The molecule has 1 saturated heterocycles. The molecule has 0 aromatic rings. The van der Waals surface area contributed by atoms with E-state index in [4.69, 9.17) is 4.74 Å². The van der Waals surface area contributed by atoms with Gasteiger partial charge in [-0.15, -0.1) is 0 Å². The number of allylic oxidation sites excluding steroid dienone is 2. The summed E-state index contributed by atoms with van der Waals surface area (Å²) < 4.78 is 5.84. The van der Waals surface area contributed by atoms with Crippen LogP contribution in [0.25, 0.3) is 0 Å². The number of hydrogen-bond donors (Lipinski definition) is 0. The Hall–Kier alpha value is -0.300. The average Bonchev–Trinajstić information content (AvgIpc) is 2.59. The Morgan fingerprint density at radius 2 is 2.13 bits per heavy atom. The summed E-state index contributed by atoms with van der Waals surface area (Å²) in [6, 6.07) is 0. The van der Waals surface area contributed by atoms with Crippen molar-refractivity contribution in [1.82, 2.24) is 0 Å². The highest BCUT2D eigenvalue weighted by atomic mass is 16.5. The topological polar surface area (TPSA) is 9.23 Å². The minimum atomic E-state index is 0.498. The van der Waals surface area contributed by atoms with E-state index >= 15 is 0 Å². The van der Waals surface area contributed by atoms with Gasteiger partial charge in [-0.3, -0.25) is 0 Å². The number of hydrogen-bond acceptors (Lipinski definition) is 1. The summed E-state index contributed by atoms with van der Waals surface area (Å²) in [6.07, 6.45) is 13.1. The van der Waals surface area contributed by atoms with E-state index in [1.54, 1.807) is 0 Å². The lowest BCUT2D eigenvalue weighted by atomic mass is 9.98. The zero-order chi connectivity index (χ0) is 11.1. The van der Waals surface area contributed by atoms with Crippen LogP contribution < -0.4 is 0 Å². The van der Waals surface area contributed by atoms with Gasteiger partial charge in [-0.1, -0.05) is 32.4 Å². The second-order valence-corrected chi connectivity index (χ2v) is 4.98. The van der Waals surface area contributed by atoms with Crippen LogP contribution in [0.5, 0.6) is 0 Å². The fourth-order valence-corrected chi connectivity index (χ4v) is 2.22. The largest absolute Gasteiger partial charge is 0.375 e. The Morgan fingerprint density at radius 1 is 1.33 bits per heavy atom. The molecular weight excluding hydrogens is 184 g/mol. The summed E-state index contributed by atoms with van der Waals surface area (Å²) in [5.74, 6) is 0.772. The van der Waals surface area contributed by atoms with Gasteiger partial charge in [0.2, 0.25) is 0 Å². The van der Waals surface area contributed by atoms with Crippen molar-refractivity contribution in [3.05, 3.63) is 12.2 Å². The molecule has 3 atom stereocenters. The predicted molar refractivity (Wildman–Crippen MR) is 66.0 cm³/mol. The van der Waals surface area contributed by atoms with Crippen molar-refractivity contribution in [1.29, 1.82) is 0 Å². The zero-order valence-corrected chi connectivity index (χ0v) is 10.5. The second kappa shape index (κ2) is 7.05. The second-order valence-electron chi connectivity index (χ2n) is 4.98. The van der Waals surface area contributed by atoms with Gasteiger partial charge >= 0.3 is 0 Å². The molecule has 0 saturated carbocycles. The third-order valence-corrected chi connectivity index (χ3v) is 3.15. The van der Waals surface area contributed by atoms with Crippen LogP contribution in [0.1, 0.15) is 59.3 Å². The highest BCUT2D eigenvalue weighted by Gasteiger charge is 2.22. The summed E-state index contributed by atoms with van der Waals surface area (Å²) in [5.41, 5.74) is 0. The minimum Gasteiger partial charge on any atom is -0.375 e. The van der Waals surface area contributed by atoms with Crippen molar-refractivity contribution in [2.24, 2.45) is 5.92 Å². The molecule has 1 aliphatic rings. The van der Waals surface area contributed by atoms with E-state index in [1.807, 2.05) is 0 Å². The van der Waals surface area contributed by atoms with Gasteiger partial charge in [0.05, 0.1) is 12.2 Å². The fraction of sp³-hybridized carbons (Fsp3) is 0.857. The van der Waals surface area contributed by atoms with Gasteiger partial charge in [0.1, 0.15) is 0 Å². The maximum absolute atomic E-state index is 5.84. The van der Waals surface area contributed by atoms with Crippen molar-refractivity contribution in [3.63, 3.8) is 0 Å². The van der Waals surface area contributed by atoms with Crippen LogP contribution in [0.15, 0.2) is 12.2 Å². The molecule has 88 valence electrons. The Bertz CT molecular complexity index is 186. The molecule has 0 radical (unpaired) electrons. The van der Waals surface area contributed by atoms with Gasteiger partial charge in [0.15, 0.2) is 0 Å². The molecule has 1 nitrogen and oxygen atoms in total. The highest BCUT2D eigenvalue weighted by Crippen LogP contribution is 2.25. The van der Waals surface area contributed by atoms with Gasteiger partial charge in [-0.05, 0) is 44.9 Å². The quantitative estimate of drug-likeness (QED) is 0.593. The average molecular weight is 210 g/mol. The fourth-order valence-electron chi connectivity index (χ4n) is 2.22. The molecule has 0 bridgehead atoms. The van der Waals surface area contributed by atoms with Crippen molar-refractivity contribution in [2.75, 3.05) is 0 Å². The van der Waals surface area contributed by atoms with Crippen LogP contribution in [0, 0.1) is 5.92 Å². The third kappa shape index (κ3) is 5.36. The van der Waals surface area contributed by atoms with E-state index in [-0.39, 0.29) is 0 Å². The summed E-state index contributed by atoms with van der Waals surface area (Å²) in [4.78, 5) is 0. The molecule has 1 aliphatic heterocycles. The Morgan fingerprint density at radius 3 is 2.73 bits per heavy atom. The molecule has 0 aromatic carbocycles. The smallest absolute Gasteiger partial charge is 0.0582 e. The normalized spacial score (nSPS) is 28.7. The first-order chi connectivity index (χ1) is 7.22. The Balaban J connectivity index is 2.10. The van der Waals surface area contributed by atoms with Gasteiger partial charge in [0, 0.05) is 0 Å². The molecule has 0 aliphatic carbocycles. The van der Waals surface area contributed by atoms with Crippen LogP contribution in [0.3, 0.4) is 0 Å². The lowest BCUT2D eigenvalue weighted by molar-refractivity contribution is 0.0426. The monoisotopic (exact) mass is 210 g/mol. The molecule has 1 heterocycles. The molecule has 1 rings (SSSR count). The molecule has 0 amide bonds. The molecule has 1 fully saturated rings. The van der Waals surface area contributed by atoms with Gasteiger partial charge in [-0.25, -0.2) is 0 Å². The molecule has 0 N–H and O–H groups in total. The summed E-state index contributed by atoms with van der Waals surface area (Å²) in [5, 5.41) is 0. The van der Waals surface area contributed by atoms with Crippen molar-refractivity contribution in [2.45, 2.75) is 71.5 Å². The van der Waals surface area contributed by atoms with Crippen LogP contribution in [0.2, 0.25) is 0 Å². The van der Waals surface area contributed by atoms with Gasteiger partial charge in [-0.2, -0.15) is 0 Å². The Kier molecular flexibility index (Phi) is 6.00. The lowest BCUT2D eigenvalue weighted by Gasteiger charge is -2.15. The van der Waals surface area contributed by atoms with Crippen molar-refractivity contribution in [3.8, 4) is 0 Å². The van der Waals surface area contributed by atoms with Gasteiger partial charge < -0.3 is 4.74 Å². The van der Waals surface area contributed by atoms with Crippen LogP contribution in [0.4, 0.5) is 0 Å². The lowest BCUT2D eigenvalue weighted by Crippen LogP contribution is -2.12. The van der Waals surface area contributed by atoms with Crippen molar-refractivity contribution < 1.29 is 4.74 Å². The first-order valence-electron chi connectivity index (χ1n) is 6.52. The molecule has 15 heavy (non-hydrogen) atoms. The van der Waals surface area contributed by atoms with E-state index in [2.05, 4.69) is 32.9 Å². The molecule has 3 unspecified atom stereocenters. The van der Waals surface area contributed by atoms with E-state index in [0.717, 1.165) is 5.92 Å². The van der Waals surface area contributed by atoms with E-state index in [9.17, 15) is 0 Å². The van der Waals surface area contributed by atoms with Crippen LogP contribution >= 0.6 is 0 Å². The number of ether oxygens (including phenoxy) is 1. The first-order valence-corrected chi connectivity index (χ1v) is 6.52. The summed E-state index contributed by atoms with van der Waals surface area (Å²) >= 11 is 0. The summed E-state index contributed by atoms with van der Waals surface area (Å²) in [6.45, 7) is 6.75. The Labute approximate surface area is 94.9 Å². The van der Waals surface area contributed by atoms with Crippen molar-refractivity contribution >= 4 is 0 Å². The third-order valence-electron chi connectivity index (χ3n) is 3.15. The number of unbranched alkanes of at least 4 members (excludes halogenated alkanes) is 1.